The van der Waals surface area contributed by atoms with Crippen molar-refractivity contribution in [3.8, 4) is 0 Å². The Bertz CT molecular complexity index is 1400. The van der Waals surface area contributed by atoms with Gasteiger partial charge in [0.2, 0.25) is 5.91 Å². The van der Waals surface area contributed by atoms with E-state index in [9.17, 15) is 24.3 Å². The van der Waals surface area contributed by atoms with E-state index in [-0.39, 0.29) is 5.84 Å². The quantitative estimate of drug-likeness (QED) is 0.228. The van der Waals surface area contributed by atoms with Crippen molar-refractivity contribution in [2.24, 2.45) is 5.73 Å². The first-order chi connectivity index (χ1) is 17.0. The first-order valence-electron chi connectivity index (χ1n) is 11.2. The number of nitrogen functional groups attached to an aromatic ring is 1. The number of aliphatic carboxylic acids is 1. The molecule has 36 heavy (non-hydrogen) atoms. The van der Waals surface area contributed by atoms with Crippen molar-refractivity contribution in [3.63, 3.8) is 0 Å². The number of amidine groups is 1. The second-order valence-electron chi connectivity index (χ2n) is 8.71. The highest BCUT2D eigenvalue weighted by Gasteiger charge is 2.53. The van der Waals surface area contributed by atoms with E-state index in [4.69, 9.17) is 11.1 Å². The van der Waals surface area contributed by atoms with Gasteiger partial charge in [-0.3, -0.25) is 19.8 Å². The monoisotopic (exact) mass is 487 g/mol. The molecular weight excluding hydrogens is 462 g/mol. The van der Waals surface area contributed by atoms with Gasteiger partial charge in [0.25, 0.3) is 5.91 Å². The van der Waals surface area contributed by atoms with Gasteiger partial charge in [-0.2, -0.15) is 5.01 Å². The fourth-order valence-electron chi connectivity index (χ4n) is 4.53. The van der Waals surface area contributed by atoms with Crippen LogP contribution in [0.1, 0.15) is 43.0 Å². The van der Waals surface area contributed by atoms with Gasteiger partial charge in [0.1, 0.15) is 11.4 Å². The summed E-state index contributed by atoms with van der Waals surface area (Å²) < 4.78 is 0. The van der Waals surface area contributed by atoms with Crippen molar-refractivity contribution in [2.45, 2.75) is 31.8 Å². The standard InChI is InChI=1S/C26H25N5O5/c1-15(32)30(21(14-22(33)34)20-9-5-7-16-6-3-4-8-19(16)20)31-24(35)26(2,29-25(31)36)18-12-10-17(11-13-18)23(27)28/h3-13,21H,14H2,1-2H3,(H3,27,28)(H,29,36)(H,33,34). The van der Waals surface area contributed by atoms with Gasteiger partial charge in [-0.05, 0) is 28.8 Å². The lowest BCUT2D eigenvalue weighted by Gasteiger charge is -2.36. The maximum Gasteiger partial charge on any atom is 0.344 e. The van der Waals surface area contributed by atoms with Gasteiger partial charge in [0, 0.05) is 12.5 Å². The van der Waals surface area contributed by atoms with Crippen LogP contribution in [0.15, 0.2) is 66.7 Å². The van der Waals surface area contributed by atoms with Gasteiger partial charge < -0.3 is 16.2 Å². The fourth-order valence-corrected chi connectivity index (χ4v) is 4.53. The minimum absolute atomic E-state index is 0.149. The lowest BCUT2D eigenvalue weighted by atomic mass is 9.91. The first kappa shape index (κ1) is 24.4. The Morgan fingerprint density at radius 3 is 2.33 bits per heavy atom. The van der Waals surface area contributed by atoms with E-state index in [0.29, 0.717) is 27.1 Å². The van der Waals surface area contributed by atoms with Gasteiger partial charge in [-0.25, -0.2) is 9.80 Å². The van der Waals surface area contributed by atoms with Crippen LogP contribution in [0.4, 0.5) is 4.79 Å². The average Bonchev–Trinajstić information content (AvgIpc) is 3.07. The topological polar surface area (TPSA) is 157 Å². The van der Waals surface area contributed by atoms with Crippen LogP contribution in [0.3, 0.4) is 0 Å². The van der Waals surface area contributed by atoms with Crippen molar-refractivity contribution in [3.05, 3.63) is 83.4 Å². The van der Waals surface area contributed by atoms with E-state index < -0.39 is 41.8 Å². The number of rotatable bonds is 7. The summed E-state index contributed by atoms with van der Waals surface area (Å²) in [5.74, 6) is -2.76. The number of urea groups is 1. The number of benzene rings is 3. The van der Waals surface area contributed by atoms with Crippen LogP contribution in [-0.2, 0) is 19.9 Å². The second-order valence-corrected chi connectivity index (χ2v) is 8.71. The van der Waals surface area contributed by atoms with Crippen LogP contribution in [0, 0.1) is 5.41 Å². The van der Waals surface area contributed by atoms with Crippen molar-refractivity contribution in [1.82, 2.24) is 15.3 Å². The highest BCUT2D eigenvalue weighted by atomic mass is 16.4. The molecule has 1 aliphatic rings. The summed E-state index contributed by atoms with van der Waals surface area (Å²) in [5, 5.41) is 23.0. The highest BCUT2D eigenvalue weighted by Crippen LogP contribution is 2.36. The van der Waals surface area contributed by atoms with Gasteiger partial charge in [-0.1, -0.05) is 66.7 Å². The normalized spacial score (nSPS) is 18.1. The summed E-state index contributed by atoms with van der Waals surface area (Å²) in [6, 6.07) is 16.8. The molecule has 3 aromatic carbocycles. The van der Waals surface area contributed by atoms with Crippen LogP contribution in [0.5, 0.6) is 0 Å². The maximum absolute atomic E-state index is 13.7. The number of hydrogen-bond donors (Lipinski definition) is 4. The van der Waals surface area contributed by atoms with Crippen LogP contribution in [-0.4, -0.2) is 44.8 Å². The predicted octanol–water partition coefficient (Wildman–Crippen LogP) is 2.87. The summed E-state index contributed by atoms with van der Waals surface area (Å²) in [7, 11) is 0. The third-order valence-electron chi connectivity index (χ3n) is 6.33. The largest absolute Gasteiger partial charge is 0.481 e. The molecule has 0 spiro atoms. The Labute approximate surface area is 206 Å². The molecule has 4 amide bonds. The molecule has 1 heterocycles. The number of amides is 4. The second kappa shape index (κ2) is 9.14. The molecule has 10 nitrogen and oxygen atoms in total. The third-order valence-corrected chi connectivity index (χ3v) is 6.33. The minimum atomic E-state index is -1.54. The Morgan fingerprint density at radius 1 is 1.08 bits per heavy atom. The van der Waals surface area contributed by atoms with Crippen LogP contribution >= 0.6 is 0 Å². The van der Waals surface area contributed by atoms with E-state index in [1.807, 2.05) is 18.2 Å². The summed E-state index contributed by atoms with van der Waals surface area (Å²) in [4.78, 5) is 51.7. The molecule has 0 aromatic heterocycles. The number of carbonyl (C=O) groups is 4. The van der Waals surface area contributed by atoms with Crippen molar-refractivity contribution < 1.29 is 24.3 Å². The van der Waals surface area contributed by atoms with Crippen molar-refractivity contribution in [1.29, 1.82) is 5.41 Å². The molecule has 0 radical (unpaired) electrons. The van der Waals surface area contributed by atoms with Crippen LogP contribution < -0.4 is 11.1 Å². The lowest BCUT2D eigenvalue weighted by molar-refractivity contribution is -0.162. The van der Waals surface area contributed by atoms with Gasteiger partial charge >= 0.3 is 12.0 Å². The number of carboxylic acid groups (broad SMARTS) is 1. The van der Waals surface area contributed by atoms with Crippen LogP contribution in [0.2, 0.25) is 0 Å². The van der Waals surface area contributed by atoms with E-state index >= 15 is 0 Å². The molecule has 1 aliphatic heterocycles. The zero-order chi connectivity index (χ0) is 26.2. The number of imide groups is 1. The fraction of sp³-hybridized carbons (Fsp3) is 0.192. The molecule has 2 unspecified atom stereocenters. The Balaban J connectivity index is 1.81. The molecule has 10 heteroatoms. The first-order valence-corrected chi connectivity index (χ1v) is 11.2. The number of nitrogens with one attached hydrogen (secondary N) is 2. The van der Waals surface area contributed by atoms with Crippen LogP contribution in [0.25, 0.3) is 10.8 Å². The van der Waals surface area contributed by atoms with Crippen molar-refractivity contribution >= 4 is 40.4 Å². The molecule has 2 atom stereocenters. The number of nitrogens with two attached hydrogens (primary N) is 1. The summed E-state index contributed by atoms with van der Waals surface area (Å²) in [6.07, 6.45) is -0.533. The zero-order valence-corrected chi connectivity index (χ0v) is 19.7. The molecule has 1 saturated heterocycles. The zero-order valence-electron chi connectivity index (χ0n) is 19.7. The molecule has 1 fully saturated rings. The van der Waals surface area contributed by atoms with Gasteiger partial charge in [-0.15, -0.1) is 0 Å². The van der Waals surface area contributed by atoms with E-state index in [2.05, 4.69) is 5.32 Å². The lowest BCUT2D eigenvalue weighted by Crippen LogP contribution is -2.52. The predicted molar refractivity (Wildman–Crippen MR) is 132 cm³/mol. The number of carboxylic acids is 1. The molecule has 0 aliphatic carbocycles. The average molecular weight is 488 g/mol. The van der Waals surface area contributed by atoms with Gasteiger partial charge in [0.15, 0.2) is 0 Å². The number of nitrogens with zero attached hydrogens (tertiary/aromatic N) is 2. The maximum atomic E-state index is 13.7. The molecule has 3 aromatic rings. The number of carbonyl (C=O) groups excluding carboxylic acids is 3. The molecule has 4 rings (SSSR count). The van der Waals surface area contributed by atoms with E-state index in [1.165, 1.54) is 13.8 Å². The van der Waals surface area contributed by atoms with Gasteiger partial charge in [0.05, 0.1) is 12.5 Å². The number of fused-ring (bicyclic) bond motifs is 1. The summed E-state index contributed by atoms with van der Waals surface area (Å²) in [6.45, 7) is 2.68. The Morgan fingerprint density at radius 2 is 1.72 bits per heavy atom. The minimum Gasteiger partial charge on any atom is -0.481 e. The van der Waals surface area contributed by atoms with E-state index in [1.54, 1.807) is 48.5 Å². The molecule has 0 saturated carbocycles. The highest BCUT2D eigenvalue weighted by molar-refractivity contribution is 6.08. The molecule has 5 N–H and O–H groups in total. The number of hydrogen-bond acceptors (Lipinski definition) is 5. The molecular formula is C26H25N5O5. The number of hydrazine groups is 1. The molecule has 184 valence electrons. The molecule has 0 bridgehead atoms. The summed E-state index contributed by atoms with van der Waals surface area (Å²) in [5.41, 5.74) is 5.32. The summed E-state index contributed by atoms with van der Waals surface area (Å²) >= 11 is 0. The third kappa shape index (κ3) is 4.13. The van der Waals surface area contributed by atoms with Crippen molar-refractivity contribution in [2.75, 3.05) is 0 Å². The Hall–Kier alpha value is -4.73. The SMILES string of the molecule is CC(=O)N(C(CC(=O)O)c1cccc2ccccc12)N1C(=O)NC(C)(c2ccc(C(=N)N)cc2)C1=O. The van der Waals surface area contributed by atoms with E-state index in [0.717, 1.165) is 10.4 Å². The smallest absolute Gasteiger partial charge is 0.344 e. The Kier molecular flexibility index (Phi) is 6.19.